The van der Waals surface area contributed by atoms with Crippen LogP contribution in [0.25, 0.3) is 10.9 Å². The quantitative estimate of drug-likeness (QED) is 0.600. The van der Waals surface area contributed by atoms with Crippen molar-refractivity contribution in [3.05, 3.63) is 39.3 Å². The topological polar surface area (TPSA) is 47.5 Å². The van der Waals surface area contributed by atoms with Crippen LogP contribution in [0.15, 0.2) is 22.3 Å². The molecule has 1 aliphatic carbocycles. The predicted molar refractivity (Wildman–Crippen MR) is 108 cm³/mol. The molecule has 9 heteroatoms. The third-order valence-corrected chi connectivity index (χ3v) is 7.19. The molecule has 0 N–H and O–H groups in total. The molecule has 0 radical (unpaired) electrons. The molecular formula is C21H21BrF3N3O2. The Morgan fingerprint density at radius 2 is 1.93 bits per heavy atom. The van der Waals surface area contributed by atoms with E-state index in [4.69, 9.17) is 9.47 Å². The Balaban J connectivity index is 1.27. The van der Waals surface area contributed by atoms with Crippen LogP contribution < -0.4 is 4.74 Å². The van der Waals surface area contributed by atoms with Crippen molar-refractivity contribution in [2.75, 3.05) is 26.2 Å². The highest BCUT2D eigenvalue weighted by Gasteiger charge is 2.45. The second kappa shape index (κ2) is 7.76. The first-order valence-corrected chi connectivity index (χ1v) is 10.9. The van der Waals surface area contributed by atoms with Gasteiger partial charge >= 0.3 is 6.01 Å². The number of fused-ring (bicyclic) bond motifs is 3. The zero-order chi connectivity index (χ0) is 20.9. The fraction of sp³-hybridized carbons (Fsp3) is 0.524. The van der Waals surface area contributed by atoms with Crippen LogP contribution in [-0.2, 0) is 18.0 Å². The van der Waals surface area contributed by atoms with Gasteiger partial charge in [-0.25, -0.2) is 9.37 Å². The second-order valence-electron chi connectivity index (χ2n) is 8.42. The first kappa shape index (κ1) is 20.2. The SMILES string of the molecule is FC(F)=C1CCN(CC2(COc3ncc4c5c(c(Br)c(F)c4n3)COC5)CC2)CC1. The van der Waals surface area contributed by atoms with Crippen molar-refractivity contribution in [2.45, 2.75) is 38.9 Å². The van der Waals surface area contributed by atoms with E-state index in [0.29, 0.717) is 55.6 Å². The molecule has 2 fully saturated rings. The summed E-state index contributed by atoms with van der Waals surface area (Å²) in [5, 5.41) is 0.647. The van der Waals surface area contributed by atoms with E-state index in [-0.39, 0.29) is 22.5 Å². The van der Waals surface area contributed by atoms with Crippen LogP contribution >= 0.6 is 15.9 Å². The number of halogens is 4. The van der Waals surface area contributed by atoms with Crippen molar-refractivity contribution in [2.24, 2.45) is 5.41 Å². The molecule has 0 unspecified atom stereocenters. The molecule has 0 bridgehead atoms. The predicted octanol–water partition coefficient (Wildman–Crippen LogP) is 4.97. The zero-order valence-corrected chi connectivity index (χ0v) is 17.9. The first-order chi connectivity index (χ1) is 14.5. The number of nitrogens with zero attached hydrogens (tertiary/aromatic N) is 3. The molecule has 0 amide bonds. The van der Waals surface area contributed by atoms with Crippen LogP contribution in [0.3, 0.4) is 0 Å². The maximum absolute atomic E-state index is 14.8. The van der Waals surface area contributed by atoms with Crippen LogP contribution in [0.5, 0.6) is 6.01 Å². The molecule has 5 rings (SSSR count). The van der Waals surface area contributed by atoms with Crippen molar-refractivity contribution < 1.29 is 22.6 Å². The zero-order valence-electron chi connectivity index (χ0n) is 16.3. The van der Waals surface area contributed by atoms with Crippen LogP contribution in [0, 0.1) is 11.2 Å². The molecule has 1 saturated heterocycles. The molecule has 1 aromatic carbocycles. The van der Waals surface area contributed by atoms with Gasteiger partial charge in [-0.05, 0) is 52.7 Å². The van der Waals surface area contributed by atoms with Gasteiger partial charge in [0.05, 0.1) is 24.3 Å². The van der Waals surface area contributed by atoms with Crippen LogP contribution in [0.4, 0.5) is 13.2 Å². The van der Waals surface area contributed by atoms with E-state index in [2.05, 4.69) is 30.8 Å². The molecule has 0 spiro atoms. The fourth-order valence-electron chi connectivity index (χ4n) is 4.31. The molecule has 3 heterocycles. The molecule has 160 valence electrons. The fourth-order valence-corrected chi connectivity index (χ4v) is 4.85. The first-order valence-electron chi connectivity index (χ1n) is 10.1. The van der Waals surface area contributed by atoms with E-state index >= 15 is 0 Å². The maximum atomic E-state index is 14.8. The molecule has 3 aliphatic rings. The van der Waals surface area contributed by atoms with Crippen LogP contribution in [0.1, 0.15) is 36.8 Å². The number of hydrogen-bond acceptors (Lipinski definition) is 5. The van der Waals surface area contributed by atoms with Crippen molar-refractivity contribution in [1.29, 1.82) is 0 Å². The molecule has 0 atom stereocenters. The number of benzene rings is 1. The second-order valence-corrected chi connectivity index (χ2v) is 9.21. The molecular weight excluding hydrogens is 463 g/mol. The Hall–Kier alpha value is -1.71. The van der Waals surface area contributed by atoms with Crippen molar-refractivity contribution in [3.63, 3.8) is 0 Å². The van der Waals surface area contributed by atoms with E-state index in [9.17, 15) is 13.2 Å². The molecule has 1 saturated carbocycles. The minimum absolute atomic E-state index is 0.00129. The molecule has 5 nitrogen and oxygen atoms in total. The normalized spacial score (nSPS) is 20.5. The van der Waals surface area contributed by atoms with Crippen molar-refractivity contribution >= 4 is 26.8 Å². The summed E-state index contributed by atoms with van der Waals surface area (Å²) < 4.78 is 52.0. The third-order valence-electron chi connectivity index (χ3n) is 6.36. The number of hydrogen-bond donors (Lipinski definition) is 0. The van der Waals surface area contributed by atoms with Gasteiger partial charge in [-0.1, -0.05) is 0 Å². The number of rotatable bonds is 5. The van der Waals surface area contributed by atoms with Gasteiger partial charge in [-0.2, -0.15) is 13.8 Å². The summed E-state index contributed by atoms with van der Waals surface area (Å²) in [4.78, 5) is 10.8. The number of aromatic nitrogens is 2. The minimum Gasteiger partial charge on any atom is -0.463 e. The van der Waals surface area contributed by atoms with E-state index in [0.717, 1.165) is 30.5 Å². The molecule has 2 aliphatic heterocycles. The highest BCUT2D eigenvalue weighted by atomic mass is 79.9. The van der Waals surface area contributed by atoms with E-state index < -0.39 is 11.9 Å². The summed E-state index contributed by atoms with van der Waals surface area (Å²) in [5.41, 5.74) is 2.22. The Morgan fingerprint density at radius 3 is 2.63 bits per heavy atom. The van der Waals surface area contributed by atoms with Crippen LogP contribution in [-0.4, -0.2) is 41.1 Å². The lowest BCUT2D eigenvalue weighted by molar-refractivity contribution is 0.134. The van der Waals surface area contributed by atoms with E-state index in [1.807, 2.05) is 0 Å². The molecule has 2 aromatic rings. The summed E-state index contributed by atoms with van der Waals surface area (Å²) in [5.74, 6) is -0.431. The van der Waals surface area contributed by atoms with Gasteiger partial charge < -0.3 is 14.4 Å². The van der Waals surface area contributed by atoms with Crippen LogP contribution in [0.2, 0.25) is 0 Å². The lowest BCUT2D eigenvalue weighted by Crippen LogP contribution is -2.37. The molecule has 1 aromatic heterocycles. The van der Waals surface area contributed by atoms with Gasteiger partial charge in [0.1, 0.15) is 5.52 Å². The Morgan fingerprint density at radius 1 is 1.20 bits per heavy atom. The summed E-state index contributed by atoms with van der Waals surface area (Å²) in [6.45, 7) is 3.32. The van der Waals surface area contributed by atoms with E-state index in [1.54, 1.807) is 6.20 Å². The minimum atomic E-state index is -1.52. The van der Waals surface area contributed by atoms with Crippen molar-refractivity contribution in [1.82, 2.24) is 14.9 Å². The lowest BCUT2D eigenvalue weighted by Gasteiger charge is -2.31. The van der Waals surface area contributed by atoms with Gasteiger partial charge in [-0.3, -0.25) is 0 Å². The Bertz CT molecular complexity index is 1030. The number of piperidine rings is 1. The highest BCUT2D eigenvalue weighted by molar-refractivity contribution is 9.10. The van der Waals surface area contributed by atoms with Crippen molar-refractivity contribution in [3.8, 4) is 6.01 Å². The number of likely N-dealkylation sites (tertiary alicyclic amines) is 1. The monoisotopic (exact) mass is 483 g/mol. The summed E-state index contributed by atoms with van der Waals surface area (Å²) >= 11 is 3.31. The molecule has 30 heavy (non-hydrogen) atoms. The van der Waals surface area contributed by atoms with Gasteiger partial charge in [0.2, 0.25) is 0 Å². The van der Waals surface area contributed by atoms with Gasteiger partial charge in [0.25, 0.3) is 6.08 Å². The summed E-state index contributed by atoms with van der Waals surface area (Å²) in [6.07, 6.45) is 2.96. The Kier molecular flexibility index (Phi) is 5.23. The largest absolute Gasteiger partial charge is 0.463 e. The van der Waals surface area contributed by atoms with Gasteiger partial charge in [0.15, 0.2) is 5.82 Å². The maximum Gasteiger partial charge on any atom is 0.317 e. The standard InChI is InChI=1S/C21H21BrF3N3O2/c22-16-15-9-29-8-14(15)13-7-26-20(27-18(13)17(16)23)30-11-21(3-4-21)10-28-5-1-12(2-6-28)19(24)25/h7H,1-6,8-11H2. The van der Waals surface area contributed by atoms with Gasteiger partial charge in [0, 0.05) is 42.2 Å². The average molecular weight is 484 g/mol. The Labute approximate surface area is 180 Å². The van der Waals surface area contributed by atoms with Gasteiger partial charge in [-0.15, -0.1) is 0 Å². The smallest absolute Gasteiger partial charge is 0.317 e. The third kappa shape index (κ3) is 3.71. The number of ether oxygens (including phenoxy) is 2. The summed E-state index contributed by atoms with van der Waals surface area (Å²) in [7, 11) is 0. The average Bonchev–Trinajstić information content (AvgIpc) is 3.33. The lowest BCUT2D eigenvalue weighted by atomic mass is 10.0. The highest BCUT2D eigenvalue weighted by Crippen LogP contribution is 2.47. The summed E-state index contributed by atoms with van der Waals surface area (Å²) in [6, 6.07) is 0.154. The van der Waals surface area contributed by atoms with E-state index in [1.165, 1.54) is 0 Å².